The predicted octanol–water partition coefficient (Wildman–Crippen LogP) is 3.79. The van der Waals surface area contributed by atoms with Crippen LogP contribution in [0.3, 0.4) is 0 Å². The molecule has 0 unspecified atom stereocenters. The van der Waals surface area contributed by atoms with Crippen LogP contribution in [-0.4, -0.2) is 23.3 Å². The van der Waals surface area contributed by atoms with Crippen LogP contribution in [0.15, 0.2) is 72.8 Å². The van der Waals surface area contributed by atoms with Gasteiger partial charge in [-0.2, -0.15) is 0 Å². The molecule has 0 radical (unpaired) electrons. The molecule has 0 aliphatic carbocycles. The lowest BCUT2D eigenvalue weighted by Crippen LogP contribution is -2.27. The normalized spacial score (nSPS) is 16.8. The summed E-state index contributed by atoms with van der Waals surface area (Å²) < 4.78 is 5.54. The third-order valence-electron chi connectivity index (χ3n) is 4.70. The molecule has 1 atom stereocenters. The lowest BCUT2D eigenvalue weighted by molar-refractivity contribution is -0.139. The molecule has 3 aromatic carbocycles. The van der Waals surface area contributed by atoms with Gasteiger partial charge in [0.1, 0.15) is 5.75 Å². The molecule has 0 N–H and O–H groups in total. The molecule has 0 aromatic heterocycles. The molecule has 1 amide bonds. The molecule has 1 fully saturated rings. The van der Waals surface area contributed by atoms with Crippen molar-refractivity contribution in [2.24, 2.45) is 5.92 Å². The molecule has 0 bridgehead atoms. The lowest BCUT2D eigenvalue weighted by Gasteiger charge is -2.16. The van der Waals surface area contributed by atoms with Gasteiger partial charge in [-0.15, -0.1) is 0 Å². The maximum Gasteiger partial charge on any atom is 0.316 e. The number of esters is 1. The first kappa shape index (κ1) is 16.3. The van der Waals surface area contributed by atoms with Crippen molar-refractivity contribution in [3.63, 3.8) is 0 Å². The second kappa shape index (κ2) is 7.00. The number of hydrogen-bond acceptors (Lipinski definition) is 3. The zero-order chi connectivity index (χ0) is 17.9. The Labute approximate surface area is 152 Å². The van der Waals surface area contributed by atoms with Crippen LogP contribution < -0.4 is 4.74 Å². The number of likely N-dealkylation sites (tertiary alicyclic amines) is 1. The summed E-state index contributed by atoms with van der Waals surface area (Å²) in [5, 5.41) is 2.11. The molecule has 1 saturated heterocycles. The zero-order valence-corrected chi connectivity index (χ0v) is 14.3. The molecule has 4 rings (SSSR count). The molecule has 0 saturated carbocycles. The first-order valence-corrected chi connectivity index (χ1v) is 8.71. The third-order valence-corrected chi connectivity index (χ3v) is 4.70. The van der Waals surface area contributed by atoms with E-state index in [4.69, 9.17) is 4.74 Å². The van der Waals surface area contributed by atoms with Crippen LogP contribution in [0.5, 0.6) is 5.75 Å². The number of carbonyl (C=O) groups is 2. The predicted molar refractivity (Wildman–Crippen MR) is 99.5 cm³/mol. The fourth-order valence-corrected chi connectivity index (χ4v) is 3.32. The average molecular weight is 345 g/mol. The van der Waals surface area contributed by atoms with E-state index in [-0.39, 0.29) is 18.3 Å². The summed E-state index contributed by atoms with van der Waals surface area (Å²) in [5.74, 6) is -0.251. The summed E-state index contributed by atoms with van der Waals surface area (Å²) in [4.78, 5) is 26.5. The van der Waals surface area contributed by atoms with Gasteiger partial charge in [-0.3, -0.25) is 9.59 Å². The summed E-state index contributed by atoms with van der Waals surface area (Å²) >= 11 is 0. The van der Waals surface area contributed by atoms with E-state index in [0.29, 0.717) is 18.8 Å². The van der Waals surface area contributed by atoms with Gasteiger partial charge in [-0.1, -0.05) is 60.7 Å². The van der Waals surface area contributed by atoms with Crippen LogP contribution in [0.4, 0.5) is 0 Å². The van der Waals surface area contributed by atoms with E-state index in [9.17, 15) is 9.59 Å². The number of hydrogen-bond donors (Lipinski definition) is 0. The molecular weight excluding hydrogens is 326 g/mol. The van der Waals surface area contributed by atoms with E-state index < -0.39 is 5.92 Å². The minimum atomic E-state index is -0.419. The smallest absolute Gasteiger partial charge is 0.316 e. The Kier molecular flexibility index (Phi) is 4.40. The first-order chi connectivity index (χ1) is 12.7. The Hall–Kier alpha value is -3.14. The van der Waals surface area contributed by atoms with Gasteiger partial charge in [-0.05, 0) is 28.5 Å². The van der Waals surface area contributed by atoms with Crippen molar-refractivity contribution >= 4 is 22.6 Å². The second-order valence-corrected chi connectivity index (χ2v) is 6.59. The van der Waals surface area contributed by atoms with Crippen molar-refractivity contribution in [1.29, 1.82) is 0 Å². The molecule has 1 aliphatic rings. The van der Waals surface area contributed by atoms with Crippen LogP contribution in [-0.2, 0) is 16.1 Å². The number of ether oxygens (including phenoxy) is 1. The Morgan fingerprint density at radius 2 is 1.69 bits per heavy atom. The van der Waals surface area contributed by atoms with Crippen molar-refractivity contribution in [3.8, 4) is 5.75 Å². The number of amides is 1. The number of benzene rings is 3. The average Bonchev–Trinajstić information content (AvgIpc) is 3.03. The Morgan fingerprint density at radius 3 is 2.50 bits per heavy atom. The van der Waals surface area contributed by atoms with Gasteiger partial charge >= 0.3 is 5.97 Å². The van der Waals surface area contributed by atoms with E-state index in [1.807, 2.05) is 66.7 Å². The van der Waals surface area contributed by atoms with Gasteiger partial charge in [0.15, 0.2) is 0 Å². The highest BCUT2D eigenvalue weighted by Crippen LogP contribution is 2.25. The summed E-state index contributed by atoms with van der Waals surface area (Å²) in [5.41, 5.74) is 1.06. The minimum Gasteiger partial charge on any atom is -0.426 e. The zero-order valence-electron chi connectivity index (χ0n) is 14.3. The van der Waals surface area contributed by atoms with Gasteiger partial charge in [0.05, 0.1) is 5.92 Å². The van der Waals surface area contributed by atoms with Crippen molar-refractivity contribution in [3.05, 3.63) is 78.4 Å². The second-order valence-electron chi connectivity index (χ2n) is 6.59. The van der Waals surface area contributed by atoms with E-state index >= 15 is 0 Å². The quantitative estimate of drug-likeness (QED) is 0.534. The third kappa shape index (κ3) is 3.45. The summed E-state index contributed by atoms with van der Waals surface area (Å²) in [6, 6.07) is 23.3. The van der Waals surface area contributed by atoms with Crippen molar-refractivity contribution in [2.45, 2.75) is 13.0 Å². The first-order valence-electron chi connectivity index (χ1n) is 8.71. The van der Waals surface area contributed by atoms with Crippen LogP contribution in [0.1, 0.15) is 12.0 Å². The van der Waals surface area contributed by atoms with E-state index in [0.717, 1.165) is 16.3 Å². The molecule has 4 heteroatoms. The van der Waals surface area contributed by atoms with Gasteiger partial charge < -0.3 is 9.64 Å². The van der Waals surface area contributed by atoms with Gasteiger partial charge in [0, 0.05) is 19.5 Å². The van der Waals surface area contributed by atoms with Crippen LogP contribution in [0.25, 0.3) is 10.8 Å². The summed E-state index contributed by atoms with van der Waals surface area (Å²) in [6.45, 7) is 0.930. The maximum atomic E-state index is 12.5. The molecule has 130 valence electrons. The summed E-state index contributed by atoms with van der Waals surface area (Å²) in [6.07, 6.45) is 0.208. The van der Waals surface area contributed by atoms with Crippen LogP contribution >= 0.6 is 0 Å². The van der Waals surface area contributed by atoms with Crippen LogP contribution in [0, 0.1) is 5.92 Å². The molecule has 0 spiro atoms. The van der Waals surface area contributed by atoms with Crippen molar-refractivity contribution in [1.82, 2.24) is 4.90 Å². The van der Waals surface area contributed by atoms with Gasteiger partial charge in [0.2, 0.25) is 5.91 Å². The molecule has 26 heavy (non-hydrogen) atoms. The molecule has 4 nitrogen and oxygen atoms in total. The number of rotatable bonds is 4. The highest BCUT2D eigenvalue weighted by molar-refractivity contribution is 5.88. The molecular formula is C22H19NO3. The highest BCUT2D eigenvalue weighted by atomic mass is 16.5. The van der Waals surface area contributed by atoms with Crippen molar-refractivity contribution in [2.75, 3.05) is 6.54 Å². The SMILES string of the molecule is O=C(Oc1ccc2ccccc2c1)[C@H]1CC(=O)N(Cc2ccccc2)C1. The Morgan fingerprint density at radius 1 is 0.962 bits per heavy atom. The van der Waals surface area contributed by atoms with E-state index in [1.165, 1.54) is 0 Å². The molecule has 1 aliphatic heterocycles. The van der Waals surface area contributed by atoms with Gasteiger partial charge in [0.25, 0.3) is 0 Å². The number of fused-ring (bicyclic) bond motifs is 1. The number of nitrogens with zero attached hydrogens (tertiary/aromatic N) is 1. The van der Waals surface area contributed by atoms with E-state index in [2.05, 4.69) is 0 Å². The molecule has 3 aromatic rings. The van der Waals surface area contributed by atoms with Gasteiger partial charge in [-0.25, -0.2) is 0 Å². The Balaban J connectivity index is 1.42. The minimum absolute atomic E-state index is 0.00526. The topological polar surface area (TPSA) is 46.6 Å². The summed E-state index contributed by atoms with van der Waals surface area (Å²) in [7, 11) is 0. The van der Waals surface area contributed by atoms with E-state index in [1.54, 1.807) is 11.0 Å². The fourth-order valence-electron chi connectivity index (χ4n) is 3.32. The maximum absolute atomic E-state index is 12.5. The lowest BCUT2D eigenvalue weighted by atomic mass is 10.1. The monoisotopic (exact) mass is 345 g/mol. The fraction of sp³-hybridized carbons (Fsp3) is 0.182. The Bertz CT molecular complexity index is 952. The number of carbonyl (C=O) groups excluding carboxylic acids is 2. The van der Waals surface area contributed by atoms with Crippen LogP contribution in [0.2, 0.25) is 0 Å². The standard InChI is InChI=1S/C22H19NO3/c24-21-13-19(15-23(21)14-16-6-2-1-3-7-16)22(25)26-20-11-10-17-8-4-5-9-18(17)12-20/h1-12,19H,13-15H2/t19-/m0/s1. The largest absolute Gasteiger partial charge is 0.426 e. The highest BCUT2D eigenvalue weighted by Gasteiger charge is 2.35. The molecule has 1 heterocycles. The van der Waals surface area contributed by atoms with Crippen molar-refractivity contribution < 1.29 is 14.3 Å².